The van der Waals surface area contributed by atoms with E-state index in [1.54, 1.807) is 15.9 Å². The van der Waals surface area contributed by atoms with E-state index in [0.29, 0.717) is 28.5 Å². The molecule has 66 heavy (non-hydrogen) atoms. The van der Waals surface area contributed by atoms with Crippen LogP contribution in [0.3, 0.4) is 0 Å². The molecule has 4 nitrogen and oxygen atoms in total. The Hall–Kier alpha value is -8.51. The lowest BCUT2D eigenvalue weighted by molar-refractivity contribution is 1.06. The number of fused-ring (bicyclic) bond motifs is 7. The van der Waals surface area contributed by atoms with Gasteiger partial charge in [-0.3, -0.25) is 0 Å². The van der Waals surface area contributed by atoms with Gasteiger partial charge in [0.2, 0.25) is 0 Å². The molecule has 10 aromatic carbocycles. The number of para-hydroxylation sites is 2. The molecule has 0 radical (unpaired) electrons. The number of aromatic nitrogens is 4. The van der Waals surface area contributed by atoms with Crippen molar-refractivity contribution in [2.75, 3.05) is 0 Å². The molecule has 0 unspecified atom stereocenters. The molecule has 0 aliphatic carbocycles. The van der Waals surface area contributed by atoms with E-state index in [-0.39, 0.29) is 27.6 Å². The quantitative estimate of drug-likeness (QED) is 0.160. The Morgan fingerprint density at radius 2 is 0.909 bits per heavy atom. The highest BCUT2D eigenvalue weighted by Crippen LogP contribution is 2.42. The van der Waals surface area contributed by atoms with E-state index >= 15 is 0 Å². The lowest BCUT2D eigenvalue weighted by Gasteiger charge is -2.17. The van der Waals surface area contributed by atoms with Crippen molar-refractivity contribution in [2.24, 2.45) is 0 Å². The minimum Gasteiger partial charge on any atom is -0.308 e. The molecule has 0 saturated carbocycles. The Balaban J connectivity index is 1.11. The summed E-state index contributed by atoms with van der Waals surface area (Å²) in [6, 6.07) is 57.2. The highest BCUT2D eigenvalue weighted by molar-refractivity contribution is 7.26. The summed E-state index contributed by atoms with van der Waals surface area (Å²) in [5.74, 6) is 0.965. The number of hydrogen-bond acceptors (Lipinski definition) is 4. The monoisotopic (exact) mass is 866 g/mol. The summed E-state index contributed by atoms with van der Waals surface area (Å²) < 4.78 is 76.4. The number of rotatable bonds is 7. The number of nitrogens with zero attached hydrogens (tertiary/aromatic N) is 4. The van der Waals surface area contributed by atoms with Crippen molar-refractivity contribution in [3.05, 3.63) is 230 Å². The van der Waals surface area contributed by atoms with Gasteiger partial charge in [-0.15, -0.1) is 11.3 Å². The minimum absolute atomic E-state index is 0.00938. The van der Waals surface area contributed by atoms with Gasteiger partial charge in [0, 0.05) is 47.6 Å². The Bertz CT molecular complexity index is 4410. The Kier molecular flexibility index (Phi) is 7.24. The normalized spacial score (nSPS) is 13.3. The van der Waals surface area contributed by atoms with Crippen molar-refractivity contribution < 1.29 is 11.0 Å². The fraction of sp³-hybridized carbons (Fsp3) is 0. The maximum Gasteiger partial charge on any atom is 0.166 e. The molecule has 0 spiro atoms. The van der Waals surface area contributed by atoms with Crippen LogP contribution in [0.25, 0.3) is 126 Å². The summed E-state index contributed by atoms with van der Waals surface area (Å²) in [4.78, 5) is 15.8. The van der Waals surface area contributed by atoms with Crippen molar-refractivity contribution >= 4 is 64.1 Å². The van der Waals surface area contributed by atoms with E-state index in [1.165, 1.54) is 20.2 Å². The minimum atomic E-state index is -0.518. The molecule has 0 atom stereocenters. The molecule has 0 N–H and O–H groups in total. The van der Waals surface area contributed by atoms with Crippen LogP contribution in [-0.4, -0.2) is 19.5 Å². The van der Waals surface area contributed by atoms with Crippen LogP contribution >= 0.6 is 11.3 Å². The van der Waals surface area contributed by atoms with Crippen LogP contribution in [0.5, 0.6) is 0 Å². The van der Waals surface area contributed by atoms with Crippen molar-refractivity contribution in [1.29, 1.82) is 0 Å². The fourth-order valence-electron chi connectivity index (χ4n) is 9.24. The lowest BCUT2D eigenvalue weighted by atomic mass is 9.97. The van der Waals surface area contributed by atoms with Crippen molar-refractivity contribution in [1.82, 2.24) is 19.5 Å². The topological polar surface area (TPSA) is 43.6 Å². The van der Waals surface area contributed by atoms with Crippen molar-refractivity contribution in [2.45, 2.75) is 0 Å². The molecule has 0 saturated heterocycles. The van der Waals surface area contributed by atoms with E-state index in [0.717, 1.165) is 49.7 Å². The first-order valence-electron chi connectivity index (χ1n) is 25.6. The average molecular weight is 867 g/mol. The molecule has 0 aliphatic heterocycles. The highest BCUT2D eigenvalue weighted by atomic mass is 32.1. The van der Waals surface area contributed by atoms with E-state index in [2.05, 4.69) is 91.0 Å². The Labute approximate surface area is 396 Å². The third kappa shape index (κ3) is 6.40. The zero-order valence-corrected chi connectivity index (χ0v) is 35.8. The van der Waals surface area contributed by atoms with Crippen molar-refractivity contribution in [3.8, 4) is 73.2 Å². The van der Waals surface area contributed by atoms with E-state index in [9.17, 15) is 5.48 Å². The van der Waals surface area contributed by atoms with Crippen LogP contribution in [0.4, 0.5) is 0 Å². The lowest BCUT2D eigenvalue weighted by Crippen LogP contribution is -2.04. The maximum atomic E-state index is 9.43. The summed E-state index contributed by atoms with van der Waals surface area (Å²) >= 11 is 1.75. The van der Waals surface area contributed by atoms with Crippen LogP contribution in [0, 0.1) is 0 Å². The summed E-state index contributed by atoms with van der Waals surface area (Å²) in [7, 11) is 0. The van der Waals surface area contributed by atoms with Crippen LogP contribution in [0.1, 0.15) is 11.0 Å². The maximum absolute atomic E-state index is 9.43. The molecule has 3 heterocycles. The molecular formula is C61H38N4S. The number of thiophene rings is 1. The van der Waals surface area contributed by atoms with E-state index in [1.807, 2.05) is 91.0 Å². The SMILES string of the molecule is [2H]c1c([2H])c([2H])c2c(c1[2H])c1c([2H])c([2H])c([2H])c([2H])c1n2-c1cc(-c2ccccc2)ccc1-c1nc(-c2cccc(-c3cccc4ccccc34)c2)nc(-c2cccc(-c3cccc4c3sc3ccccc34)c2)n1. The van der Waals surface area contributed by atoms with Gasteiger partial charge in [0.1, 0.15) is 0 Å². The zero-order chi connectivity index (χ0) is 50.5. The first kappa shape index (κ1) is 30.6. The van der Waals surface area contributed by atoms with Gasteiger partial charge in [0.05, 0.1) is 27.7 Å². The Morgan fingerprint density at radius 3 is 1.67 bits per heavy atom. The van der Waals surface area contributed by atoms with Gasteiger partial charge >= 0.3 is 0 Å². The summed E-state index contributed by atoms with van der Waals surface area (Å²) in [6.07, 6.45) is 0. The first-order valence-corrected chi connectivity index (χ1v) is 22.4. The molecule has 13 rings (SSSR count). The molecule has 5 heteroatoms. The van der Waals surface area contributed by atoms with Gasteiger partial charge in [0.25, 0.3) is 0 Å². The van der Waals surface area contributed by atoms with Gasteiger partial charge in [-0.05, 0) is 86.6 Å². The predicted molar refractivity (Wildman–Crippen MR) is 277 cm³/mol. The van der Waals surface area contributed by atoms with Crippen LogP contribution in [0.15, 0.2) is 230 Å². The van der Waals surface area contributed by atoms with E-state index in [4.69, 9.17) is 20.4 Å². The van der Waals surface area contributed by atoms with Crippen molar-refractivity contribution in [3.63, 3.8) is 0 Å². The largest absolute Gasteiger partial charge is 0.308 e. The van der Waals surface area contributed by atoms with Gasteiger partial charge in [0.15, 0.2) is 17.5 Å². The summed E-state index contributed by atoms with van der Waals surface area (Å²) in [5.41, 5.74) is 7.80. The third-order valence-corrected chi connectivity index (χ3v) is 13.5. The van der Waals surface area contributed by atoms with Crippen LogP contribution in [-0.2, 0) is 0 Å². The van der Waals surface area contributed by atoms with Gasteiger partial charge in [-0.25, -0.2) is 15.0 Å². The molecule has 3 aromatic heterocycles. The standard InChI is InChI=1S/C61H38N4S/c1-2-16-39(17-3-1)41-34-35-53(56(38-41)65-54-31-9-6-25-49(54)50-26-7-10-32-55(50)65)61-63-59(44-22-12-20-42(36-44)47-28-14-19-40-18-4-5-24-46(40)47)62-60(64-61)45-23-13-21-43(37-45)48-29-15-30-52-51-27-8-11-33-57(51)66-58(48)52/h1-38H/i6D,7D,9D,10D,25D,26D,31D,32D. The summed E-state index contributed by atoms with van der Waals surface area (Å²) in [6.45, 7) is 0. The number of benzene rings is 10. The van der Waals surface area contributed by atoms with Gasteiger partial charge in [-0.1, -0.05) is 188 Å². The molecule has 0 amide bonds. The highest BCUT2D eigenvalue weighted by Gasteiger charge is 2.21. The average Bonchev–Trinajstić information content (AvgIpc) is 4.06. The molecule has 0 fully saturated rings. The summed E-state index contributed by atoms with van der Waals surface area (Å²) in [5, 5.41) is 4.53. The van der Waals surface area contributed by atoms with Gasteiger partial charge in [-0.2, -0.15) is 0 Å². The molecule has 13 aromatic rings. The second-order valence-electron chi connectivity index (χ2n) is 16.2. The molecular weight excluding hydrogens is 821 g/mol. The number of hydrogen-bond donors (Lipinski definition) is 0. The predicted octanol–water partition coefficient (Wildman–Crippen LogP) is 16.5. The van der Waals surface area contributed by atoms with Gasteiger partial charge < -0.3 is 4.57 Å². The third-order valence-electron chi connectivity index (χ3n) is 12.3. The fourth-order valence-corrected chi connectivity index (χ4v) is 10.5. The van der Waals surface area contributed by atoms with Crippen LogP contribution in [0.2, 0.25) is 0 Å². The van der Waals surface area contributed by atoms with Crippen LogP contribution < -0.4 is 0 Å². The zero-order valence-electron chi connectivity index (χ0n) is 43.0. The Morgan fingerprint density at radius 1 is 0.364 bits per heavy atom. The molecule has 308 valence electrons. The molecule has 0 bridgehead atoms. The second-order valence-corrected chi connectivity index (χ2v) is 17.2. The first-order chi connectivity index (χ1) is 36.0. The smallest absolute Gasteiger partial charge is 0.166 e. The van der Waals surface area contributed by atoms with E-state index < -0.39 is 48.3 Å². The second kappa shape index (κ2) is 15.6. The molecule has 0 aliphatic rings.